The Morgan fingerprint density at radius 3 is 2.81 bits per heavy atom. The average Bonchev–Trinajstić information content (AvgIpc) is 2.90. The molecule has 4 nitrogen and oxygen atoms in total. The molecule has 0 unspecified atom stereocenters. The van der Waals surface area contributed by atoms with Crippen LogP contribution in [0.1, 0.15) is 30.5 Å². The first-order valence-electron chi connectivity index (χ1n) is 7.63. The number of ether oxygens (including phenoxy) is 1. The van der Waals surface area contributed by atoms with Crippen molar-refractivity contribution in [3.8, 4) is 0 Å². The average molecular weight is 292 g/mol. The minimum absolute atomic E-state index is 0.161. The summed E-state index contributed by atoms with van der Waals surface area (Å²) in [7, 11) is 0. The number of fused-ring (bicyclic) bond motifs is 1. The normalized spacial score (nSPS) is 22.2. The quantitative estimate of drug-likeness (QED) is 0.840. The summed E-state index contributed by atoms with van der Waals surface area (Å²) in [6.45, 7) is 5.23. The van der Waals surface area contributed by atoms with Crippen LogP contribution in [0, 0.1) is 5.82 Å². The van der Waals surface area contributed by atoms with Gasteiger partial charge in [0, 0.05) is 32.2 Å². The van der Waals surface area contributed by atoms with Gasteiger partial charge < -0.3 is 9.64 Å². The van der Waals surface area contributed by atoms with Crippen LogP contribution in [0.25, 0.3) is 0 Å². The lowest BCUT2D eigenvalue weighted by Gasteiger charge is -2.37. The molecule has 114 valence electrons. The monoisotopic (exact) mass is 292 g/mol. The van der Waals surface area contributed by atoms with Crippen LogP contribution >= 0.6 is 0 Å². The van der Waals surface area contributed by atoms with Crippen LogP contribution in [-0.4, -0.2) is 48.7 Å². The Balaban J connectivity index is 1.64. The van der Waals surface area contributed by atoms with E-state index in [1.807, 2.05) is 13.0 Å². The van der Waals surface area contributed by atoms with Gasteiger partial charge in [-0.15, -0.1) is 0 Å². The molecule has 5 heteroatoms. The van der Waals surface area contributed by atoms with Crippen molar-refractivity contribution in [1.29, 1.82) is 0 Å². The summed E-state index contributed by atoms with van der Waals surface area (Å²) in [4.78, 5) is 15.8. The number of hydrogen-bond acceptors (Lipinski definition) is 3. The van der Waals surface area contributed by atoms with Gasteiger partial charge in [0.05, 0.1) is 6.61 Å². The number of carbonyl (C=O) groups excluding carboxylic acids is 1. The summed E-state index contributed by atoms with van der Waals surface area (Å²) in [6.07, 6.45) is 1.83. The molecule has 1 aliphatic carbocycles. The SMILES string of the molecule is CCOC(=O)N1CCN([C@H]2CCc3ccc(F)cc32)CC1. The summed E-state index contributed by atoms with van der Waals surface area (Å²) in [5.74, 6) is -0.161. The third-order valence-electron chi connectivity index (χ3n) is 4.44. The second-order valence-electron chi connectivity index (χ2n) is 5.62. The largest absolute Gasteiger partial charge is 0.450 e. The first-order valence-corrected chi connectivity index (χ1v) is 7.63. The molecular weight excluding hydrogens is 271 g/mol. The number of halogens is 1. The minimum Gasteiger partial charge on any atom is -0.450 e. The van der Waals surface area contributed by atoms with Crippen LogP contribution in [-0.2, 0) is 11.2 Å². The Bertz CT molecular complexity index is 527. The maximum atomic E-state index is 13.5. The maximum absolute atomic E-state index is 13.5. The van der Waals surface area contributed by atoms with E-state index in [1.165, 1.54) is 5.56 Å². The molecule has 21 heavy (non-hydrogen) atoms. The van der Waals surface area contributed by atoms with Crippen LogP contribution in [0.5, 0.6) is 0 Å². The molecule has 1 heterocycles. The van der Waals surface area contributed by atoms with Gasteiger partial charge >= 0.3 is 6.09 Å². The molecule has 1 aromatic rings. The number of hydrogen-bond donors (Lipinski definition) is 0. The zero-order chi connectivity index (χ0) is 14.8. The molecular formula is C16H21FN2O2. The van der Waals surface area contributed by atoms with Crippen molar-refractivity contribution < 1.29 is 13.9 Å². The molecule has 1 atom stereocenters. The molecule has 1 amide bonds. The highest BCUT2D eigenvalue weighted by atomic mass is 19.1. The fourth-order valence-electron chi connectivity index (χ4n) is 3.36. The topological polar surface area (TPSA) is 32.8 Å². The highest BCUT2D eigenvalue weighted by Crippen LogP contribution is 2.36. The molecule has 1 fully saturated rings. The van der Waals surface area contributed by atoms with Crippen molar-refractivity contribution in [2.45, 2.75) is 25.8 Å². The molecule has 1 saturated heterocycles. The minimum atomic E-state index is -0.227. The molecule has 0 bridgehead atoms. The second-order valence-corrected chi connectivity index (χ2v) is 5.62. The van der Waals surface area contributed by atoms with Crippen LogP contribution in [0.15, 0.2) is 18.2 Å². The third-order valence-corrected chi connectivity index (χ3v) is 4.44. The fraction of sp³-hybridized carbons (Fsp3) is 0.562. The van der Waals surface area contributed by atoms with E-state index in [1.54, 1.807) is 17.0 Å². The van der Waals surface area contributed by atoms with Crippen molar-refractivity contribution >= 4 is 6.09 Å². The maximum Gasteiger partial charge on any atom is 0.409 e. The van der Waals surface area contributed by atoms with Crippen LogP contribution in [0.3, 0.4) is 0 Å². The number of amides is 1. The molecule has 3 rings (SSSR count). The number of benzene rings is 1. The van der Waals surface area contributed by atoms with E-state index < -0.39 is 0 Å². The Morgan fingerprint density at radius 1 is 1.33 bits per heavy atom. The standard InChI is InChI=1S/C16H21FN2O2/c1-2-21-16(20)19-9-7-18(8-10-19)15-6-4-12-3-5-13(17)11-14(12)15/h3,5,11,15H,2,4,6-10H2,1H3/t15-/m0/s1. The van der Waals surface area contributed by atoms with Crippen LogP contribution in [0.2, 0.25) is 0 Å². The van der Waals surface area contributed by atoms with Gasteiger partial charge in [-0.05, 0) is 43.0 Å². The lowest BCUT2D eigenvalue weighted by Crippen LogP contribution is -2.49. The van der Waals surface area contributed by atoms with Gasteiger partial charge in [0.15, 0.2) is 0 Å². The van der Waals surface area contributed by atoms with Crippen LogP contribution in [0.4, 0.5) is 9.18 Å². The Hall–Kier alpha value is -1.62. The third kappa shape index (κ3) is 2.88. The smallest absolute Gasteiger partial charge is 0.409 e. The van der Waals surface area contributed by atoms with E-state index in [9.17, 15) is 9.18 Å². The van der Waals surface area contributed by atoms with E-state index in [0.29, 0.717) is 25.7 Å². The first kappa shape index (κ1) is 14.3. The van der Waals surface area contributed by atoms with Crippen molar-refractivity contribution in [3.05, 3.63) is 35.1 Å². The van der Waals surface area contributed by atoms with Gasteiger partial charge in [0.2, 0.25) is 0 Å². The van der Waals surface area contributed by atoms with Crippen molar-refractivity contribution in [2.75, 3.05) is 32.8 Å². The summed E-state index contributed by atoms with van der Waals surface area (Å²) < 4.78 is 18.5. The van der Waals surface area contributed by atoms with Crippen molar-refractivity contribution in [2.24, 2.45) is 0 Å². The Kier molecular flexibility index (Phi) is 4.10. The second kappa shape index (κ2) is 6.02. The summed E-state index contributed by atoms with van der Waals surface area (Å²) in [6, 6.07) is 5.41. The highest BCUT2D eigenvalue weighted by molar-refractivity contribution is 5.67. The lowest BCUT2D eigenvalue weighted by molar-refractivity contribution is 0.0659. The summed E-state index contributed by atoms with van der Waals surface area (Å²) >= 11 is 0. The molecule has 1 aliphatic heterocycles. The number of nitrogens with zero attached hydrogens (tertiary/aromatic N) is 2. The van der Waals surface area contributed by atoms with Gasteiger partial charge in [-0.3, -0.25) is 4.90 Å². The van der Waals surface area contributed by atoms with E-state index in [2.05, 4.69) is 4.90 Å². The van der Waals surface area contributed by atoms with Gasteiger partial charge in [-0.2, -0.15) is 0 Å². The fourth-order valence-corrected chi connectivity index (χ4v) is 3.36. The van der Waals surface area contributed by atoms with E-state index in [0.717, 1.165) is 31.5 Å². The molecule has 0 saturated carbocycles. The molecule has 0 N–H and O–H groups in total. The number of rotatable bonds is 2. The predicted octanol–water partition coefficient (Wildman–Crippen LogP) is 2.59. The van der Waals surface area contributed by atoms with Crippen LogP contribution < -0.4 is 0 Å². The van der Waals surface area contributed by atoms with Gasteiger partial charge in [-0.25, -0.2) is 9.18 Å². The summed E-state index contributed by atoms with van der Waals surface area (Å²) in [5, 5.41) is 0. The molecule has 0 spiro atoms. The molecule has 2 aliphatic rings. The lowest BCUT2D eigenvalue weighted by atomic mass is 10.1. The summed E-state index contributed by atoms with van der Waals surface area (Å²) in [5.41, 5.74) is 2.38. The first-order chi connectivity index (χ1) is 10.2. The van der Waals surface area contributed by atoms with Crippen molar-refractivity contribution in [1.82, 2.24) is 9.80 Å². The molecule has 1 aromatic carbocycles. The van der Waals surface area contributed by atoms with E-state index >= 15 is 0 Å². The van der Waals surface area contributed by atoms with E-state index in [-0.39, 0.29) is 11.9 Å². The number of carbonyl (C=O) groups is 1. The van der Waals surface area contributed by atoms with E-state index in [4.69, 9.17) is 4.74 Å². The van der Waals surface area contributed by atoms with Gasteiger partial charge in [0.1, 0.15) is 5.82 Å². The Morgan fingerprint density at radius 2 is 2.10 bits per heavy atom. The highest BCUT2D eigenvalue weighted by Gasteiger charge is 2.31. The van der Waals surface area contributed by atoms with Gasteiger partial charge in [-0.1, -0.05) is 6.07 Å². The molecule has 0 aromatic heterocycles. The number of aryl methyl sites for hydroxylation is 1. The predicted molar refractivity (Wildman–Crippen MR) is 77.6 cm³/mol. The van der Waals surface area contributed by atoms with Gasteiger partial charge in [0.25, 0.3) is 0 Å². The van der Waals surface area contributed by atoms with Crippen molar-refractivity contribution in [3.63, 3.8) is 0 Å². The Labute approximate surface area is 124 Å². The zero-order valence-electron chi connectivity index (χ0n) is 12.3. The number of piperazine rings is 1. The zero-order valence-corrected chi connectivity index (χ0v) is 12.3. The molecule has 0 radical (unpaired) electrons.